The third-order valence-corrected chi connectivity index (χ3v) is 16.1. The summed E-state index contributed by atoms with van der Waals surface area (Å²) in [6.45, 7) is 6.68. The number of rotatable bonds is 66. The molecule has 0 amide bonds. The Kier molecular flexibility index (Phi) is 66.1. The number of esters is 3. The number of carbonyl (C=O) groups excluding carboxylic acids is 3. The lowest BCUT2D eigenvalue weighted by Crippen LogP contribution is -2.30. The Morgan fingerprint density at radius 1 is 0.253 bits per heavy atom. The Balaban J connectivity index is 4.04. The van der Waals surface area contributed by atoms with E-state index in [2.05, 4.69) is 57.2 Å². The Labute approximate surface area is 493 Å². The summed E-state index contributed by atoms with van der Waals surface area (Å²) in [6, 6.07) is 0. The molecule has 0 heterocycles. The number of hydrogen-bond acceptors (Lipinski definition) is 6. The van der Waals surface area contributed by atoms with E-state index in [1.54, 1.807) is 0 Å². The zero-order valence-electron chi connectivity index (χ0n) is 53.4. The molecule has 0 bridgehead atoms. The average molecular weight is 1110 g/mol. The monoisotopic (exact) mass is 1110 g/mol. The van der Waals surface area contributed by atoms with Crippen LogP contribution in [-0.2, 0) is 28.6 Å². The molecule has 0 saturated heterocycles. The zero-order valence-corrected chi connectivity index (χ0v) is 53.4. The lowest BCUT2D eigenvalue weighted by Gasteiger charge is -2.18. The first-order valence-corrected chi connectivity index (χ1v) is 35.5. The van der Waals surface area contributed by atoms with Gasteiger partial charge in [-0.1, -0.05) is 353 Å². The molecule has 6 heteroatoms. The Hall–Kier alpha value is -2.37. The third kappa shape index (κ3) is 66.3. The van der Waals surface area contributed by atoms with Gasteiger partial charge in [-0.2, -0.15) is 0 Å². The van der Waals surface area contributed by atoms with Crippen LogP contribution in [0.5, 0.6) is 0 Å². The van der Waals surface area contributed by atoms with E-state index in [0.717, 1.165) is 70.6 Å². The quantitative estimate of drug-likeness (QED) is 0.0261. The second-order valence-electron chi connectivity index (χ2n) is 24.2. The van der Waals surface area contributed by atoms with Crippen molar-refractivity contribution in [2.75, 3.05) is 13.2 Å². The van der Waals surface area contributed by atoms with Gasteiger partial charge in [0.1, 0.15) is 13.2 Å². The van der Waals surface area contributed by atoms with E-state index >= 15 is 0 Å². The second-order valence-corrected chi connectivity index (χ2v) is 24.2. The van der Waals surface area contributed by atoms with Crippen molar-refractivity contribution in [3.8, 4) is 0 Å². The molecule has 0 fully saturated rings. The summed E-state index contributed by atoms with van der Waals surface area (Å²) in [6.07, 6.45) is 84.8. The molecule has 0 aromatic rings. The molecule has 0 aliphatic carbocycles. The molecule has 0 spiro atoms. The van der Waals surface area contributed by atoms with Crippen molar-refractivity contribution in [1.29, 1.82) is 0 Å². The topological polar surface area (TPSA) is 78.9 Å². The van der Waals surface area contributed by atoms with Crippen LogP contribution >= 0.6 is 0 Å². The fourth-order valence-corrected chi connectivity index (χ4v) is 10.8. The van der Waals surface area contributed by atoms with Crippen LogP contribution in [0.4, 0.5) is 0 Å². The van der Waals surface area contributed by atoms with Crippen molar-refractivity contribution in [2.24, 2.45) is 0 Å². The van der Waals surface area contributed by atoms with Gasteiger partial charge in [-0.15, -0.1) is 0 Å². The maximum Gasteiger partial charge on any atom is 0.306 e. The minimum absolute atomic E-state index is 0.0649. The molecule has 464 valence electrons. The van der Waals surface area contributed by atoms with Crippen molar-refractivity contribution < 1.29 is 28.6 Å². The number of allylic oxidation sites excluding steroid dienone is 6. The summed E-state index contributed by atoms with van der Waals surface area (Å²) >= 11 is 0. The van der Waals surface area contributed by atoms with Gasteiger partial charge in [0.2, 0.25) is 0 Å². The van der Waals surface area contributed by atoms with E-state index in [4.69, 9.17) is 14.2 Å². The van der Waals surface area contributed by atoms with Crippen LogP contribution in [0.3, 0.4) is 0 Å². The highest BCUT2D eigenvalue weighted by molar-refractivity contribution is 5.71. The van der Waals surface area contributed by atoms with Crippen LogP contribution < -0.4 is 0 Å². The molecular formula is C73H136O6. The first kappa shape index (κ1) is 76.6. The minimum atomic E-state index is -0.766. The number of unbranched alkanes of at least 4 members (excludes halogenated alkanes) is 49. The number of carbonyl (C=O) groups is 3. The number of ether oxygens (including phenoxy) is 3. The van der Waals surface area contributed by atoms with Crippen LogP contribution in [0.1, 0.15) is 393 Å². The Morgan fingerprint density at radius 3 is 0.709 bits per heavy atom. The van der Waals surface area contributed by atoms with E-state index in [0.29, 0.717) is 19.3 Å². The van der Waals surface area contributed by atoms with Gasteiger partial charge in [-0.05, 0) is 57.8 Å². The minimum Gasteiger partial charge on any atom is -0.462 e. The SMILES string of the molecule is CCCCCCC/C=C\C/C=C\C/C=C\CCCCCCCCCCCCCCCCCCCCC(=O)OCC(COC(=O)CCCCCCCCCCC)OC(=O)CCCCCCCCCCCCCCCCCCCCC. The van der Waals surface area contributed by atoms with Gasteiger partial charge in [-0.3, -0.25) is 14.4 Å². The molecule has 0 aromatic heterocycles. The van der Waals surface area contributed by atoms with Crippen molar-refractivity contribution in [3.05, 3.63) is 36.5 Å². The normalized spacial score (nSPS) is 12.2. The molecule has 0 saturated carbocycles. The van der Waals surface area contributed by atoms with Gasteiger partial charge in [-0.25, -0.2) is 0 Å². The molecule has 6 nitrogen and oxygen atoms in total. The van der Waals surface area contributed by atoms with Crippen LogP contribution in [0.25, 0.3) is 0 Å². The van der Waals surface area contributed by atoms with E-state index in [1.807, 2.05) is 0 Å². The third-order valence-electron chi connectivity index (χ3n) is 16.1. The first-order valence-electron chi connectivity index (χ1n) is 35.5. The second kappa shape index (κ2) is 68.1. The lowest BCUT2D eigenvalue weighted by molar-refractivity contribution is -0.167. The largest absolute Gasteiger partial charge is 0.462 e. The fraction of sp³-hybridized carbons (Fsp3) is 0.877. The molecule has 0 aliphatic rings. The summed E-state index contributed by atoms with van der Waals surface area (Å²) in [5, 5.41) is 0. The summed E-state index contributed by atoms with van der Waals surface area (Å²) in [7, 11) is 0. The predicted octanol–water partition coefficient (Wildman–Crippen LogP) is 24.3. The van der Waals surface area contributed by atoms with Crippen molar-refractivity contribution in [2.45, 2.75) is 399 Å². The van der Waals surface area contributed by atoms with E-state index in [-0.39, 0.29) is 31.1 Å². The Morgan fingerprint density at radius 2 is 0.456 bits per heavy atom. The molecule has 0 radical (unpaired) electrons. The molecule has 1 atom stereocenters. The van der Waals surface area contributed by atoms with Crippen molar-refractivity contribution in [1.82, 2.24) is 0 Å². The van der Waals surface area contributed by atoms with Crippen LogP contribution in [0, 0.1) is 0 Å². The number of hydrogen-bond donors (Lipinski definition) is 0. The smallest absolute Gasteiger partial charge is 0.306 e. The average Bonchev–Trinajstić information content (AvgIpc) is 3.45. The van der Waals surface area contributed by atoms with E-state index in [9.17, 15) is 14.4 Å². The Bertz CT molecular complexity index is 1320. The molecule has 0 aromatic carbocycles. The van der Waals surface area contributed by atoms with Gasteiger partial charge >= 0.3 is 17.9 Å². The van der Waals surface area contributed by atoms with E-state index in [1.165, 1.54) is 283 Å². The van der Waals surface area contributed by atoms with Crippen molar-refractivity contribution in [3.63, 3.8) is 0 Å². The highest BCUT2D eigenvalue weighted by atomic mass is 16.6. The molecule has 0 rings (SSSR count). The van der Waals surface area contributed by atoms with Gasteiger partial charge in [0.25, 0.3) is 0 Å². The summed E-state index contributed by atoms with van der Waals surface area (Å²) in [5.74, 6) is -0.838. The first-order chi connectivity index (χ1) is 39.0. The van der Waals surface area contributed by atoms with Gasteiger partial charge < -0.3 is 14.2 Å². The molecule has 0 N–H and O–H groups in total. The van der Waals surface area contributed by atoms with Gasteiger partial charge in [0, 0.05) is 19.3 Å². The van der Waals surface area contributed by atoms with Crippen LogP contribution in [0.2, 0.25) is 0 Å². The van der Waals surface area contributed by atoms with Crippen molar-refractivity contribution >= 4 is 17.9 Å². The van der Waals surface area contributed by atoms with Gasteiger partial charge in [0.15, 0.2) is 6.10 Å². The highest BCUT2D eigenvalue weighted by Gasteiger charge is 2.19. The summed E-state index contributed by atoms with van der Waals surface area (Å²) in [5.41, 5.74) is 0. The summed E-state index contributed by atoms with van der Waals surface area (Å²) in [4.78, 5) is 38.3. The predicted molar refractivity (Wildman–Crippen MR) is 344 cm³/mol. The maximum atomic E-state index is 12.9. The standard InChI is InChI=1S/C73H136O6/c1-4-7-10-13-16-19-21-23-25-27-29-30-31-32-33-34-35-36-37-38-39-40-41-42-44-45-47-49-51-54-57-60-63-66-72(75)78-69-70(68-77-71(74)65-62-59-56-53-18-15-12-9-6-3)79-73(76)67-64-61-58-55-52-50-48-46-43-28-26-24-22-20-17-14-11-8-5-2/h21,23,27,29,31-32,70H,4-20,22,24-26,28,30,33-69H2,1-3H3/b23-21-,29-27-,32-31-. The molecule has 0 aliphatic heterocycles. The summed E-state index contributed by atoms with van der Waals surface area (Å²) < 4.78 is 16.9. The highest BCUT2D eigenvalue weighted by Crippen LogP contribution is 2.19. The molecular weight excluding hydrogens is 973 g/mol. The van der Waals surface area contributed by atoms with Gasteiger partial charge in [0.05, 0.1) is 0 Å². The molecule has 79 heavy (non-hydrogen) atoms. The molecule has 1 unspecified atom stereocenters. The maximum absolute atomic E-state index is 12.9. The lowest BCUT2D eigenvalue weighted by atomic mass is 10.0. The van der Waals surface area contributed by atoms with Crippen LogP contribution in [0.15, 0.2) is 36.5 Å². The van der Waals surface area contributed by atoms with E-state index < -0.39 is 6.10 Å². The zero-order chi connectivity index (χ0) is 57.1. The van der Waals surface area contributed by atoms with Crippen LogP contribution in [-0.4, -0.2) is 37.2 Å². The fourth-order valence-electron chi connectivity index (χ4n) is 10.8.